The lowest BCUT2D eigenvalue weighted by Crippen LogP contribution is -2.36. The van der Waals surface area contributed by atoms with E-state index in [2.05, 4.69) is 35.1 Å². The van der Waals surface area contributed by atoms with Crippen LogP contribution in [0.4, 0.5) is 34.6 Å². The zero-order valence-electron chi connectivity index (χ0n) is 28.0. The van der Waals surface area contributed by atoms with Crippen LogP contribution in [0.3, 0.4) is 0 Å². The molecule has 0 amide bonds. The lowest BCUT2D eigenvalue weighted by Gasteiger charge is -2.28. The molecule has 0 unspecified atom stereocenters. The maximum Gasteiger partial charge on any atom is 0.137 e. The first kappa shape index (κ1) is 34.7. The van der Waals surface area contributed by atoms with Gasteiger partial charge in [-0.25, -0.2) is 27.5 Å². The minimum absolute atomic E-state index is 0.130. The Morgan fingerprint density at radius 2 is 1.29 bits per heavy atom. The van der Waals surface area contributed by atoms with Gasteiger partial charge in [0.05, 0.1) is 92.3 Å². The summed E-state index contributed by atoms with van der Waals surface area (Å²) in [5, 5.41) is 3.90. The van der Waals surface area contributed by atoms with Crippen molar-refractivity contribution in [2.24, 2.45) is 0 Å². The number of anilines is 3. The number of nitrogens with zero attached hydrogens (tertiary/aromatic N) is 6. The van der Waals surface area contributed by atoms with Gasteiger partial charge in [-0.3, -0.25) is 15.0 Å². The summed E-state index contributed by atoms with van der Waals surface area (Å²) in [7, 11) is 0. The summed E-state index contributed by atoms with van der Waals surface area (Å²) in [6.07, 6.45) is 6.76. The molecular formula is C39H30ClF4N7O. The third kappa shape index (κ3) is 7.07. The summed E-state index contributed by atoms with van der Waals surface area (Å²) in [5.74, 6) is -2.76. The van der Waals surface area contributed by atoms with Crippen molar-refractivity contribution < 1.29 is 22.3 Å². The number of nitrogens with one attached hydrogen (secondary N) is 1. The number of ether oxygens (including phenoxy) is 1. The van der Waals surface area contributed by atoms with Gasteiger partial charge in [0.25, 0.3) is 0 Å². The zero-order chi connectivity index (χ0) is 36.4. The molecule has 1 fully saturated rings. The van der Waals surface area contributed by atoms with Crippen molar-refractivity contribution in [1.82, 2.24) is 24.9 Å². The summed E-state index contributed by atoms with van der Waals surface area (Å²) in [6.45, 7) is 6.47. The molecule has 1 N–H and O–H groups in total. The first-order valence-electron chi connectivity index (χ1n) is 16.3. The molecule has 0 radical (unpaired) electrons. The molecule has 52 heavy (non-hydrogen) atoms. The standard InChI is InChI=1S/C24H21F2N5O.C15H9ClF2N2/c1-15-23(20-4-2-3-5-28-20)30-21-11-16(25)10-19(26)22(21)24(15)29-17-12-18(14-27-13-17)31-6-8-32-9-7-31;1-8-14(16)13-10(18)6-9(17)7-12(13)20-15(8)11-4-2-3-5-19-11/h2-5,10-14H,6-9H2,1H3,(H,29,30);2-7H,1H3. The highest BCUT2D eigenvalue weighted by Gasteiger charge is 2.20. The molecule has 6 heterocycles. The van der Waals surface area contributed by atoms with Gasteiger partial charge in [0.2, 0.25) is 0 Å². The molecule has 1 aliphatic heterocycles. The van der Waals surface area contributed by atoms with Crippen LogP contribution in [0.25, 0.3) is 44.6 Å². The quantitative estimate of drug-likeness (QED) is 0.176. The fraction of sp³-hybridized carbons (Fsp3) is 0.154. The topological polar surface area (TPSA) is 89.0 Å². The molecule has 0 atom stereocenters. The van der Waals surface area contributed by atoms with Gasteiger partial charge in [-0.2, -0.15) is 0 Å². The van der Waals surface area contributed by atoms with E-state index < -0.39 is 23.3 Å². The van der Waals surface area contributed by atoms with Crippen molar-refractivity contribution in [1.29, 1.82) is 0 Å². The van der Waals surface area contributed by atoms with Crippen molar-refractivity contribution in [2.75, 3.05) is 36.5 Å². The van der Waals surface area contributed by atoms with Crippen LogP contribution in [-0.2, 0) is 4.74 Å². The number of halogens is 5. The van der Waals surface area contributed by atoms with Gasteiger partial charge >= 0.3 is 0 Å². The number of hydrogen-bond acceptors (Lipinski definition) is 8. The number of rotatable bonds is 5. The Labute approximate surface area is 301 Å². The smallest absolute Gasteiger partial charge is 0.137 e. The predicted octanol–water partition coefficient (Wildman–Crippen LogP) is 9.40. The SMILES string of the molecule is Cc1c(-c2ccccn2)nc2cc(F)cc(F)c2c1Cl.Cc1c(-c2ccccn2)nc2cc(F)cc(F)c2c1Nc1cncc(N2CCOCC2)c1. The van der Waals surface area contributed by atoms with E-state index in [0.717, 1.165) is 37.0 Å². The fourth-order valence-corrected chi connectivity index (χ4v) is 6.34. The van der Waals surface area contributed by atoms with E-state index in [1.165, 1.54) is 6.07 Å². The van der Waals surface area contributed by atoms with E-state index in [4.69, 9.17) is 16.3 Å². The average Bonchev–Trinajstić information content (AvgIpc) is 3.15. The zero-order valence-corrected chi connectivity index (χ0v) is 28.7. The van der Waals surface area contributed by atoms with Gasteiger partial charge in [0, 0.05) is 55.3 Å². The van der Waals surface area contributed by atoms with Gasteiger partial charge in [0.1, 0.15) is 23.3 Å². The molecule has 7 aromatic rings. The second-order valence-electron chi connectivity index (χ2n) is 12.0. The van der Waals surface area contributed by atoms with Gasteiger partial charge in [-0.1, -0.05) is 23.7 Å². The molecule has 0 bridgehead atoms. The Morgan fingerprint density at radius 1 is 0.712 bits per heavy atom. The van der Waals surface area contributed by atoms with Crippen LogP contribution in [0.1, 0.15) is 11.1 Å². The van der Waals surface area contributed by atoms with Crippen LogP contribution < -0.4 is 10.2 Å². The highest BCUT2D eigenvalue weighted by Crippen LogP contribution is 2.37. The largest absolute Gasteiger partial charge is 0.378 e. The molecule has 13 heteroatoms. The highest BCUT2D eigenvalue weighted by molar-refractivity contribution is 6.36. The maximum absolute atomic E-state index is 14.9. The Bertz CT molecular complexity index is 2410. The molecule has 8 rings (SSSR count). The molecule has 8 nitrogen and oxygen atoms in total. The lowest BCUT2D eigenvalue weighted by atomic mass is 10.0. The average molecular weight is 724 g/mol. The van der Waals surface area contributed by atoms with E-state index >= 15 is 0 Å². The molecule has 1 saturated heterocycles. The van der Waals surface area contributed by atoms with Crippen molar-refractivity contribution in [3.63, 3.8) is 0 Å². The minimum atomic E-state index is -0.715. The van der Waals surface area contributed by atoms with Gasteiger partial charge in [0.15, 0.2) is 0 Å². The third-order valence-electron chi connectivity index (χ3n) is 8.60. The van der Waals surface area contributed by atoms with E-state index in [1.54, 1.807) is 49.9 Å². The number of benzene rings is 2. The van der Waals surface area contributed by atoms with E-state index in [9.17, 15) is 17.6 Å². The Hall–Kier alpha value is -5.72. The molecule has 2 aromatic carbocycles. The highest BCUT2D eigenvalue weighted by atomic mass is 35.5. The minimum Gasteiger partial charge on any atom is -0.378 e. The lowest BCUT2D eigenvalue weighted by molar-refractivity contribution is 0.122. The van der Waals surface area contributed by atoms with Crippen molar-refractivity contribution in [3.05, 3.63) is 131 Å². The molecule has 0 aliphatic carbocycles. The Balaban J connectivity index is 0.000000180. The number of pyridine rings is 5. The van der Waals surface area contributed by atoms with Crippen LogP contribution in [0.5, 0.6) is 0 Å². The number of morpholine rings is 1. The van der Waals surface area contributed by atoms with Gasteiger partial charge < -0.3 is 15.0 Å². The number of aromatic nitrogens is 5. The summed E-state index contributed by atoms with van der Waals surface area (Å²) in [4.78, 5) is 24.0. The molecule has 1 aliphatic rings. The molecule has 262 valence electrons. The first-order chi connectivity index (χ1) is 25.2. The van der Waals surface area contributed by atoms with Gasteiger partial charge in [-0.05, 0) is 49.7 Å². The second-order valence-corrected chi connectivity index (χ2v) is 12.4. The normalized spacial score (nSPS) is 12.9. The monoisotopic (exact) mass is 723 g/mol. The Kier molecular flexibility index (Phi) is 9.92. The molecule has 0 spiro atoms. The fourth-order valence-electron chi connectivity index (χ4n) is 6.06. The van der Waals surface area contributed by atoms with Crippen LogP contribution >= 0.6 is 11.6 Å². The molecule has 0 saturated carbocycles. The number of fused-ring (bicyclic) bond motifs is 2. The molecular weight excluding hydrogens is 694 g/mol. The summed E-state index contributed by atoms with van der Waals surface area (Å²) in [6, 6.07) is 16.9. The van der Waals surface area contributed by atoms with E-state index in [1.807, 2.05) is 31.2 Å². The van der Waals surface area contributed by atoms with Crippen molar-refractivity contribution >= 4 is 50.5 Å². The van der Waals surface area contributed by atoms with Crippen molar-refractivity contribution in [3.8, 4) is 22.8 Å². The van der Waals surface area contributed by atoms with Crippen LogP contribution in [0, 0.1) is 37.1 Å². The van der Waals surface area contributed by atoms with Crippen LogP contribution in [0.2, 0.25) is 5.02 Å². The summed E-state index contributed by atoms with van der Waals surface area (Å²) in [5.41, 5.74) is 6.18. The van der Waals surface area contributed by atoms with Crippen LogP contribution in [-0.4, -0.2) is 51.2 Å². The summed E-state index contributed by atoms with van der Waals surface area (Å²) >= 11 is 6.21. The van der Waals surface area contributed by atoms with Gasteiger partial charge in [-0.15, -0.1) is 0 Å². The Morgan fingerprint density at radius 3 is 1.88 bits per heavy atom. The van der Waals surface area contributed by atoms with E-state index in [-0.39, 0.29) is 26.8 Å². The first-order valence-corrected chi connectivity index (χ1v) is 16.7. The maximum atomic E-state index is 14.9. The summed E-state index contributed by atoms with van der Waals surface area (Å²) < 4.78 is 61.5. The second kappa shape index (κ2) is 14.9. The molecule has 5 aromatic heterocycles. The predicted molar refractivity (Wildman–Crippen MR) is 195 cm³/mol. The number of hydrogen-bond donors (Lipinski definition) is 1. The van der Waals surface area contributed by atoms with Crippen LogP contribution in [0.15, 0.2) is 91.5 Å². The van der Waals surface area contributed by atoms with Crippen molar-refractivity contribution in [2.45, 2.75) is 13.8 Å². The van der Waals surface area contributed by atoms with E-state index in [0.29, 0.717) is 58.5 Å². The third-order valence-corrected chi connectivity index (χ3v) is 9.07.